The molecule has 0 bridgehead atoms. The van der Waals surface area contributed by atoms with Crippen molar-refractivity contribution in [2.75, 3.05) is 13.2 Å². The molecule has 0 spiro atoms. The van der Waals surface area contributed by atoms with E-state index in [9.17, 15) is 0 Å². The highest BCUT2D eigenvalue weighted by atomic mass is 16.5. The molecule has 94 valence electrons. The first-order chi connectivity index (χ1) is 8.43. The van der Waals surface area contributed by atoms with E-state index < -0.39 is 0 Å². The van der Waals surface area contributed by atoms with Gasteiger partial charge in [-0.05, 0) is 32.1 Å². The van der Waals surface area contributed by atoms with Crippen molar-refractivity contribution in [2.24, 2.45) is 0 Å². The normalized spacial score (nSPS) is 30.8. The summed E-state index contributed by atoms with van der Waals surface area (Å²) in [7, 11) is 0. The molecule has 0 amide bonds. The fourth-order valence-corrected chi connectivity index (χ4v) is 3.12. The highest BCUT2D eigenvalue weighted by Gasteiger charge is 2.30. The van der Waals surface area contributed by atoms with Crippen LogP contribution in [0.2, 0.25) is 0 Å². The number of nitrogens with zero attached hydrogens (tertiary/aromatic N) is 2. The lowest BCUT2D eigenvalue weighted by atomic mass is 10.1. The monoisotopic (exact) mass is 235 g/mol. The van der Waals surface area contributed by atoms with Crippen LogP contribution in [0.1, 0.15) is 38.1 Å². The Kier molecular flexibility index (Phi) is 3.43. The largest absolute Gasteiger partial charge is 0.381 e. The van der Waals surface area contributed by atoms with E-state index in [-0.39, 0.29) is 0 Å². The average molecular weight is 235 g/mol. The van der Waals surface area contributed by atoms with Crippen LogP contribution >= 0.6 is 0 Å². The van der Waals surface area contributed by atoms with Crippen LogP contribution < -0.4 is 5.32 Å². The number of nitrogens with one attached hydrogen (secondary N) is 1. The van der Waals surface area contributed by atoms with Crippen LogP contribution in [-0.2, 0) is 4.74 Å². The lowest BCUT2D eigenvalue weighted by molar-refractivity contribution is 0.0734. The van der Waals surface area contributed by atoms with Crippen LogP contribution in [0.5, 0.6) is 0 Å². The van der Waals surface area contributed by atoms with E-state index in [0.717, 1.165) is 26.1 Å². The van der Waals surface area contributed by atoms with E-state index in [1.54, 1.807) is 0 Å². The van der Waals surface area contributed by atoms with E-state index in [2.05, 4.69) is 21.1 Å². The molecular formula is C13H21N3O. The van der Waals surface area contributed by atoms with E-state index >= 15 is 0 Å². The third-order valence-electron chi connectivity index (χ3n) is 4.06. The van der Waals surface area contributed by atoms with Crippen molar-refractivity contribution in [1.82, 2.24) is 14.9 Å². The van der Waals surface area contributed by atoms with Crippen LogP contribution in [0.25, 0.3) is 0 Å². The summed E-state index contributed by atoms with van der Waals surface area (Å²) in [5.41, 5.74) is 0. The van der Waals surface area contributed by atoms with Gasteiger partial charge >= 0.3 is 0 Å². The summed E-state index contributed by atoms with van der Waals surface area (Å²) >= 11 is 0. The molecule has 1 aliphatic heterocycles. The maximum atomic E-state index is 5.41. The third-order valence-corrected chi connectivity index (χ3v) is 4.06. The lowest BCUT2D eigenvalue weighted by Gasteiger charge is -2.30. The number of imidazole rings is 1. The SMILES string of the molecule is c1cn(C2CCCC2NC2CCOCC2)cn1. The Bertz CT molecular complexity index is 332. The average Bonchev–Trinajstić information content (AvgIpc) is 3.00. The molecular weight excluding hydrogens is 214 g/mol. The summed E-state index contributed by atoms with van der Waals surface area (Å²) in [5.74, 6) is 0. The molecule has 0 aromatic carbocycles. The number of hydrogen-bond acceptors (Lipinski definition) is 3. The molecule has 2 heterocycles. The van der Waals surface area contributed by atoms with E-state index in [0.29, 0.717) is 18.1 Å². The summed E-state index contributed by atoms with van der Waals surface area (Å²) in [5, 5.41) is 3.83. The Morgan fingerprint density at radius 1 is 1.18 bits per heavy atom. The highest BCUT2D eigenvalue weighted by Crippen LogP contribution is 2.30. The molecule has 1 aromatic rings. The van der Waals surface area contributed by atoms with Gasteiger partial charge in [-0.3, -0.25) is 0 Å². The summed E-state index contributed by atoms with van der Waals surface area (Å²) < 4.78 is 7.68. The summed E-state index contributed by atoms with van der Waals surface area (Å²) in [6.07, 6.45) is 12.1. The van der Waals surface area contributed by atoms with Gasteiger partial charge in [-0.25, -0.2) is 4.98 Å². The van der Waals surface area contributed by atoms with Gasteiger partial charge in [0.25, 0.3) is 0 Å². The first kappa shape index (κ1) is 11.2. The zero-order valence-electron chi connectivity index (χ0n) is 10.2. The molecule has 4 heteroatoms. The second kappa shape index (κ2) is 5.19. The fraction of sp³-hybridized carbons (Fsp3) is 0.769. The van der Waals surface area contributed by atoms with Gasteiger partial charge in [0, 0.05) is 43.7 Å². The van der Waals surface area contributed by atoms with Crippen molar-refractivity contribution in [3.05, 3.63) is 18.7 Å². The Labute approximate surface area is 102 Å². The molecule has 2 unspecified atom stereocenters. The van der Waals surface area contributed by atoms with E-state index in [1.165, 1.54) is 19.3 Å². The molecule has 2 aliphatic rings. The molecule has 4 nitrogen and oxygen atoms in total. The minimum Gasteiger partial charge on any atom is -0.381 e. The van der Waals surface area contributed by atoms with Crippen molar-refractivity contribution >= 4 is 0 Å². The molecule has 2 fully saturated rings. The molecule has 17 heavy (non-hydrogen) atoms. The number of ether oxygens (including phenoxy) is 1. The van der Waals surface area contributed by atoms with Gasteiger partial charge in [0.05, 0.1) is 6.33 Å². The van der Waals surface area contributed by atoms with Crippen molar-refractivity contribution in [2.45, 2.75) is 50.2 Å². The fourth-order valence-electron chi connectivity index (χ4n) is 3.12. The van der Waals surface area contributed by atoms with Gasteiger partial charge in [0.1, 0.15) is 0 Å². The van der Waals surface area contributed by atoms with Crippen LogP contribution in [0.15, 0.2) is 18.7 Å². The molecule has 1 saturated carbocycles. The smallest absolute Gasteiger partial charge is 0.0949 e. The molecule has 2 atom stereocenters. The molecule has 0 radical (unpaired) electrons. The summed E-state index contributed by atoms with van der Waals surface area (Å²) in [6, 6.07) is 1.87. The third kappa shape index (κ3) is 2.53. The van der Waals surface area contributed by atoms with Gasteiger partial charge < -0.3 is 14.6 Å². The molecule has 1 N–H and O–H groups in total. The van der Waals surface area contributed by atoms with Crippen LogP contribution in [-0.4, -0.2) is 34.8 Å². The molecule has 1 aromatic heterocycles. The number of rotatable bonds is 3. The zero-order chi connectivity index (χ0) is 11.5. The van der Waals surface area contributed by atoms with Crippen LogP contribution in [0.4, 0.5) is 0 Å². The lowest BCUT2D eigenvalue weighted by Crippen LogP contribution is -2.43. The minimum atomic E-state index is 0.598. The molecule has 1 aliphatic carbocycles. The quantitative estimate of drug-likeness (QED) is 0.867. The molecule has 3 rings (SSSR count). The van der Waals surface area contributed by atoms with E-state index in [4.69, 9.17) is 4.74 Å². The van der Waals surface area contributed by atoms with Gasteiger partial charge in [0.2, 0.25) is 0 Å². The maximum Gasteiger partial charge on any atom is 0.0949 e. The Morgan fingerprint density at radius 3 is 2.82 bits per heavy atom. The van der Waals surface area contributed by atoms with Gasteiger partial charge in [-0.2, -0.15) is 0 Å². The minimum absolute atomic E-state index is 0.598. The topological polar surface area (TPSA) is 39.1 Å². The van der Waals surface area contributed by atoms with Crippen molar-refractivity contribution < 1.29 is 4.74 Å². The first-order valence-corrected chi connectivity index (χ1v) is 6.75. The first-order valence-electron chi connectivity index (χ1n) is 6.75. The van der Waals surface area contributed by atoms with Gasteiger partial charge in [-0.15, -0.1) is 0 Å². The second-order valence-corrected chi connectivity index (χ2v) is 5.17. The van der Waals surface area contributed by atoms with Gasteiger partial charge in [-0.1, -0.05) is 0 Å². The zero-order valence-corrected chi connectivity index (χ0v) is 10.2. The second-order valence-electron chi connectivity index (χ2n) is 5.17. The van der Waals surface area contributed by atoms with Gasteiger partial charge in [0.15, 0.2) is 0 Å². The Balaban J connectivity index is 1.61. The van der Waals surface area contributed by atoms with Crippen molar-refractivity contribution in [3.63, 3.8) is 0 Å². The standard InChI is InChI=1S/C13H21N3O/c1-2-12(15-11-4-8-17-9-5-11)13(3-1)16-7-6-14-10-16/h6-7,10-13,15H,1-5,8-9H2. The van der Waals surface area contributed by atoms with E-state index in [1.807, 2.05) is 12.5 Å². The van der Waals surface area contributed by atoms with Crippen LogP contribution in [0.3, 0.4) is 0 Å². The van der Waals surface area contributed by atoms with Crippen molar-refractivity contribution in [3.8, 4) is 0 Å². The molecule has 1 saturated heterocycles. The van der Waals surface area contributed by atoms with Crippen LogP contribution in [0, 0.1) is 0 Å². The predicted molar refractivity (Wildman–Crippen MR) is 65.9 cm³/mol. The Hall–Kier alpha value is -0.870. The number of hydrogen-bond donors (Lipinski definition) is 1. The number of aromatic nitrogens is 2. The maximum absolute atomic E-state index is 5.41. The van der Waals surface area contributed by atoms with Crippen molar-refractivity contribution in [1.29, 1.82) is 0 Å². The predicted octanol–water partition coefficient (Wildman–Crippen LogP) is 1.75. The Morgan fingerprint density at radius 2 is 2.06 bits per heavy atom. The summed E-state index contributed by atoms with van der Waals surface area (Å²) in [4.78, 5) is 4.16. The summed E-state index contributed by atoms with van der Waals surface area (Å²) in [6.45, 7) is 1.83. The highest BCUT2D eigenvalue weighted by molar-refractivity contribution is 4.93.